The van der Waals surface area contributed by atoms with Crippen molar-refractivity contribution in [2.45, 2.75) is 71.8 Å². The van der Waals surface area contributed by atoms with Crippen LogP contribution >= 0.6 is 11.3 Å². The lowest BCUT2D eigenvalue weighted by atomic mass is 9.87. The number of aromatic nitrogens is 1. The lowest BCUT2D eigenvalue weighted by Crippen LogP contribution is -2.42. The van der Waals surface area contributed by atoms with Gasteiger partial charge in [-0.05, 0) is 81.3 Å². The van der Waals surface area contributed by atoms with Crippen LogP contribution in [0.1, 0.15) is 65.3 Å². The number of thiazole rings is 1. The summed E-state index contributed by atoms with van der Waals surface area (Å²) in [5.74, 6) is 0.535. The van der Waals surface area contributed by atoms with Crippen LogP contribution in [-0.2, 0) is 22.4 Å². The van der Waals surface area contributed by atoms with Gasteiger partial charge in [0.2, 0.25) is 5.88 Å². The minimum atomic E-state index is -0.935. The number of aliphatic carboxylic acids is 1. The van der Waals surface area contributed by atoms with E-state index >= 15 is 0 Å². The van der Waals surface area contributed by atoms with Crippen LogP contribution in [0.3, 0.4) is 0 Å². The summed E-state index contributed by atoms with van der Waals surface area (Å²) in [6.07, 6.45) is 2.10. The highest BCUT2D eigenvalue weighted by molar-refractivity contribution is 7.09. The third-order valence-corrected chi connectivity index (χ3v) is 7.95. The fraction of sp³-hybridized carbons (Fsp3) is 0.414. The summed E-state index contributed by atoms with van der Waals surface area (Å²) in [6.45, 7) is 8.10. The van der Waals surface area contributed by atoms with Crippen molar-refractivity contribution in [1.82, 2.24) is 4.98 Å². The van der Waals surface area contributed by atoms with Crippen LogP contribution in [-0.4, -0.2) is 39.3 Å². The Labute approximate surface area is 230 Å². The summed E-state index contributed by atoms with van der Waals surface area (Å²) in [5, 5.41) is 18.6. The number of ether oxygens (including phenoxy) is 3. The number of carboxylic acids is 1. The van der Waals surface area contributed by atoms with E-state index in [1.807, 2.05) is 52.0 Å². The number of carboxylic acid groups (broad SMARTS) is 1. The number of esters is 1. The van der Waals surface area contributed by atoms with E-state index < -0.39 is 17.5 Å². The zero-order chi connectivity index (χ0) is 28.3. The number of aromatic hydroxyl groups is 1. The lowest BCUT2D eigenvalue weighted by Gasteiger charge is -2.37. The van der Waals surface area contributed by atoms with Crippen molar-refractivity contribution in [2.75, 3.05) is 6.61 Å². The SMILES string of the molecule is Cc1c(C)c2c(c(C)c1OC(=O)CCCC(=O)O)CCC(C)(COc1ccc(Cc3sc(=O)[nH]c3O)cc1)O2. The Hall–Kier alpha value is -3.79. The summed E-state index contributed by atoms with van der Waals surface area (Å²) in [7, 11) is 0. The topological polar surface area (TPSA) is 135 Å². The van der Waals surface area contributed by atoms with Gasteiger partial charge >= 0.3 is 16.8 Å². The van der Waals surface area contributed by atoms with Gasteiger partial charge in [0.1, 0.15) is 29.5 Å². The molecule has 1 aliphatic heterocycles. The first-order chi connectivity index (χ1) is 18.5. The maximum Gasteiger partial charge on any atom is 0.311 e. The number of benzene rings is 2. The van der Waals surface area contributed by atoms with Crippen molar-refractivity contribution in [2.24, 2.45) is 0 Å². The average molecular weight is 556 g/mol. The normalized spacial score (nSPS) is 16.3. The molecule has 2 heterocycles. The van der Waals surface area contributed by atoms with Crippen LogP contribution in [0.2, 0.25) is 0 Å². The predicted molar refractivity (Wildman–Crippen MR) is 146 cm³/mol. The summed E-state index contributed by atoms with van der Waals surface area (Å²) in [6, 6.07) is 7.52. The van der Waals surface area contributed by atoms with Crippen molar-refractivity contribution in [3.05, 3.63) is 66.6 Å². The average Bonchev–Trinajstić information content (AvgIpc) is 3.20. The molecule has 1 aliphatic rings. The number of hydrogen-bond acceptors (Lipinski definition) is 8. The van der Waals surface area contributed by atoms with Crippen LogP contribution in [0.4, 0.5) is 0 Å². The fourth-order valence-electron chi connectivity index (χ4n) is 4.68. The van der Waals surface area contributed by atoms with Gasteiger partial charge in [-0.15, -0.1) is 0 Å². The van der Waals surface area contributed by atoms with Crippen LogP contribution in [0.15, 0.2) is 29.1 Å². The highest BCUT2D eigenvalue weighted by Gasteiger charge is 2.36. The van der Waals surface area contributed by atoms with Crippen molar-refractivity contribution in [1.29, 1.82) is 0 Å². The molecular weight excluding hydrogens is 522 g/mol. The lowest BCUT2D eigenvalue weighted by molar-refractivity contribution is -0.137. The van der Waals surface area contributed by atoms with E-state index in [0.717, 1.165) is 51.3 Å². The number of fused-ring (bicyclic) bond motifs is 1. The molecule has 0 aliphatic carbocycles. The Morgan fingerprint density at radius 1 is 1.10 bits per heavy atom. The van der Waals surface area contributed by atoms with E-state index in [9.17, 15) is 19.5 Å². The van der Waals surface area contributed by atoms with E-state index in [1.54, 1.807) is 0 Å². The Kier molecular flexibility index (Phi) is 8.34. The Morgan fingerprint density at radius 2 is 1.82 bits per heavy atom. The molecule has 0 fully saturated rings. The second-order valence-corrected chi connectivity index (χ2v) is 11.2. The summed E-state index contributed by atoms with van der Waals surface area (Å²) < 4.78 is 18.3. The number of rotatable bonds is 10. The maximum atomic E-state index is 12.3. The molecule has 39 heavy (non-hydrogen) atoms. The highest BCUT2D eigenvalue weighted by Crippen LogP contribution is 2.44. The fourth-order valence-corrected chi connectivity index (χ4v) is 5.44. The number of carbonyl (C=O) groups excluding carboxylic acids is 1. The Balaban J connectivity index is 1.41. The van der Waals surface area contributed by atoms with Crippen molar-refractivity contribution in [3.8, 4) is 23.1 Å². The van der Waals surface area contributed by atoms with Crippen LogP contribution in [0, 0.1) is 20.8 Å². The first-order valence-corrected chi connectivity index (χ1v) is 13.6. The minimum Gasteiger partial charge on any atom is -0.494 e. The molecule has 0 bridgehead atoms. The van der Waals surface area contributed by atoms with Gasteiger partial charge in [0, 0.05) is 24.8 Å². The summed E-state index contributed by atoms with van der Waals surface area (Å²) in [4.78, 5) is 37.2. The molecule has 0 radical (unpaired) electrons. The third-order valence-electron chi connectivity index (χ3n) is 7.08. The highest BCUT2D eigenvalue weighted by atomic mass is 32.1. The first-order valence-electron chi connectivity index (χ1n) is 12.8. The van der Waals surface area contributed by atoms with Gasteiger partial charge in [0.05, 0.1) is 4.88 Å². The Morgan fingerprint density at radius 3 is 2.46 bits per heavy atom. The molecule has 4 rings (SSSR count). The van der Waals surface area contributed by atoms with E-state index in [2.05, 4.69) is 4.98 Å². The molecule has 1 aromatic heterocycles. The molecule has 208 valence electrons. The number of carbonyl (C=O) groups is 2. The van der Waals surface area contributed by atoms with Gasteiger partial charge in [0.15, 0.2) is 0 Å². The van der Waals surface area contributed by atoms with Gasteiger partial charge < -0.3 is 24.4 Å². The monoisotopic (exact) mass is 555 g/mol. The molecule has 1 atom stereocenters. The first kappa shape index (κ1) is 28.2. The van der Waals surface area contributed by atoms with Gasteiger partial charge in [-0.1, -0.05) is 23.5 Å². The molecule has 0 saturated heterocycles. The number of aromatic amines is 1. The van der Waals surface area contributed by atoms with Crippen molar-refractivity contribution < 1.29 is 34.0 Å². The van der Waals surface area contributed by atoms with Gasteiger partial charge in [-0.3, -0.25) is 19.4 Å². The number of nitrogens with one attached hydrogen (secondary N) is 1. The largest absolute Gasteiger partial charge is 0.494 e. The quantitative estimate of drug-likeness (QED) is 0.235. The van der Waals surface area contributed by atoms with Gasteiger partial charge in [-0.2, -0.15) is 0 Å². The molecule has 1 unspecified atom stereocenters. The molecule has 9 nitrogen and oxygen atoms in total. The zero-order valence-corrected chi connectivity index (χ0v) is 23.3. The van der Waals surface area contributed by atoms with E-state index in [1.165, 1.54) is 0 Å². The van der Waals surface area contributed by atoms with Crippen molar-refractivity contribution in [3.63, 3.8) is 0 Å². The number of H-pyrrole nitrogens is 1. The number of hydrogen-bond donors (Lipinski definition) is 3. The smallest absolute Gasteiger partial charge is 0.311 e. The second-order valence-electron chi connectivity index (χ2n) is 10.2. The van der Waals surface area contributed by atoms with Gasteiger partial charge in [0.25, 0.3) is 0 Å². The van der Waals surface area contributed by atoms with Crippen molar-refractivity contribution >= 4 is 23.3 Å². The molecule has 3 aromatic rings. The van der Waals surface area contributed by atoms with E-state index in [4.69, 9.17) is 19.3 Å². The van der Waals surface area contributed by atoms with Crippen LogP contribution < -0.4 is 19.1 Å². The van der Waals surface area contributed by atoms with Crippen LogP contribution in [0.25, 0.3) is 0 Å². The molecule has 0 amide bonds. The zero-order valence-electron chi connectivity index (χ0n) is 22.5. The summed E-state index contributed by atoms with van der Waals surface area (Å²) >= 11 is 0.994. The third kappa shape index (κ3) is 6.62. The maximum absolute atomic E-state index is 12.3. The molecule has 2 aromatic carbocycles. The summed E-state index contributed by atoms with van der Waals surface area (Å²) in [5.41, 5.74) is 3.96. The minimum absolute atomic E-state index is 0.0460. The second kappa shape index (κ2) is 11.5. The molecule has 3 N–H and O–H groups in total. The molecule has 10 heteroatoms. The molecular formula is C29H33NO8S. The molecule has 0 saturated carbocycles. The Bertz CT molecular complexity index is 1440. The van der Waals surface area contributed by atoms with Crippen LogP contribution in [0.5, 0.6) is 23.1 Å². The molecule has 0 spiro atoms. The predicted octanol–water partition coefficient (Wildman–Crippen LogP) is 4.98. The standard InChI is InChI=1S/C29H33NO8S/c1-16-17(2)26-21(18(3)25(16)37-24(33)7-5-6-23(31)32)12-13-29(4,38-26)15-36-20-10-8-19(9-11-20)14-22-27(34)30-28(35)39-22/h8-11,34H,5-7,12-15H2,1-4H3,(H,30,35)(H,31,32). The van der Waals surface area contributed by atoms with E-state index in [0.29, 0.717) is 35.8 Å². The van der Waals surface area contributed by atoms with E-state index in [-0.39, 0.29) is 30.0 Å². The van der Waals surface area contributed by atoms with Gasteiger partial charge in [-0.25, -0.2) is 0 Å².